The van der Waals surface area contributed by atoms with Crippen molar-refractivity contribution in [3.8, 4) is 6.07 Å². The zero-order valence-electron chi connectivity index (χ0n) is 11.3. The van der Waals surface area contributed by atoms with Crippen molar-refractivity contribution in [2.24, 2.45) is 0 Å². The Bertz CT molecular complexity index is 707. The molecule has 0 fully saturated rings. The topological polar surface area (TPSA) is 52.9 Å². The fraction of sp³-hybridized carbons (Fsp3) is 0.125. The maximum atomic E-state index is 12.1. The van der Waals surface area contributed by atoms with Gasteiger partial charge in [-0.15, -0.1) is 11.3 Å². The Morgan fingerprint density at radius 3 is 2.60 bits per heavy atom. The molecule has 0 radical (unpaired) electrons. The third kappa shape index (κ3) is 3.14. The number of anilines is 1. The number of hydrogen-bond donors (Lipinski definition) is 1. The molecule has 0 saturated carbocycles. The summed E-state index contributed by atoms with van der Waals surface area (Å²) in [6.45, 7) is 3.87. The molecule has 0 unspecified atom stereocenters. The molecule has 0 atom stereocenters. The van der Waals surface area contributed by atoms with Crippen LogP contribution in [0, 0.1) is 25.2 Å². The summed E-state index contributed by atoms with van der Waals surface area (Å²) < 4.78 is 0. The van der Waals surface area contributed by atoms with Gasteiger partial charge in [-0.1, -0.05) is 18.2 Å². The molecule has 1 aromatic heterocycles. The predicted molar refractivity (Wildman–Crippen MR) is 82.5 cm³/mol. The molecule has 100 valence electrons. The Balaban J connectivity index is 2.23. The van der Waals surface area contributed by atoms with Crippen LogP contribution in [0.4, 0.5) is 5.69 Å². The number of rotatable bonds is 3. The number of nitrogens with one attached hydrogen (secondary N) is 1. The third-order valence-corrected chi connectivity index (χ3v) is 3.90. The van der Waals surface area contributed by atoms with Crippen LogP contribution < -0.4 is 5.32 Å². The van der Waals surface area contributed by atoms with E-state index in [0.717, 1.165) is 21.7 Å². The number of nitriles is 1. The van der Waals surface area contributed by atoms with Crippen LogP contribution in [-0.2, 0) is 4.79 Å². The highest BCUT2D eigenvalue weighted by molar-refractivity contribution is 7.11. The monoisotopic (exact) mass is 282 g/mol. The first-order valence-corrected chi connectivity index (χ1v) is 7.02. The summed E-state index contributed by atoms with van der Waals surface area (Å²) in [5.74, 6) is -0.380. The van der Waals surface area contributed by atoms with Crippen molar-refractivity contribution in [2.45, 2.75) is 13.8 Å². The Kier molecular flexibility index (Phi) is 4.34. The van der Waals surface area contributed by atoms with Crippen LogP contribution in [0.1, 0.15) is 16.0 Å². The van der Waals surface area contributed by atoms with Crippen molar-refractivity contribution in [3.05, 3.63) is 57.3 Å². The molecule has 2 aromatic rings. The number of benzene rings is 1. The van der Waals surface area contributed by atoms with Crippen LogP contribution in [0.25, 0.3) is 6.08 Å². The van der Waals surface area contributed by atoms with E-state index in [4.69, 9.17) is 5.26 Å². The second-order valence-electron chi connectivity index (χ2n) is 4.41. The van der Waals surface area contributed by atoms with E-state index in [1.54, 1.807) is 6.08 Å². The van der Waals surface area contributed by atoms with Crippen LogP contribution in [0.15, 0.2) is 41.3 Å². The second kappa shape index (κ2) is 6.18. The van der Waals surface area contributed by atoms with Gasteiger partial charge in [0.05, 0.1) is 0 Å². The van der Waals surface area contributed by atoms with Gasteiger partial charge >= 0.3 is 0 Å². The molecule has 1 heterocycles. The number of nitrogens with zero attached hydrogens (tertiary/aromatic N) is 1. The summed E-state index contributed by atoms with van der Waals surface area (Å²) in [4.78, 5) is 13.1. The first-order chi connectivity index (χ1) is 9.61. The van der Waals surface area contributed by atoms with E-state index in [1.807, 2.05) is 55.6 Å². The summed E-state index contributed by atoms with van der Waals surface area (Å²) in [5.41, 5.74) is 2.86. The Labute approximate surface area is 122 Å². The third-order valence-electron chi connectivity index (χ3n) is 2.94. The van der Waals surface area contributed by atoms with Gasteiger partial charge in [0.25, 0.3) is 5.91 Å². The lowest BCUT2D eigenvalue weighted by molar-refractivity contribution is -0.112. The minimum Gasteiger partial charge on any atom is -0.321 e. The predicted octanol–water partition coefficient (Wildman–Crippen LogP) is 3.91. The number of carbonyl (C=O) groups excluding carboxylic acids is 1. The van der Waals surface area contributed by atoms with Crippen molar-refractivity contribution >= 4 is 29.0 Å². The van der Waals surface area contributed by atoms with Crippen LogP contribution in [0.5, 0.6) is 0 Å². The zero-order chi connectivity index (χ0) is 14.5. The lowest BCUT2D eigenvalue weighted by Gasteiger charge is -2.07. The number of thiophene rings is 1. The maximum Gasteiger partial charge on any atom is 0.266 e. The zero-order valence-corrected chi connectivity index (χ0v) is 12.1. The molecule has 0 spiro atoms. The quantitative estimate of drug-likeness (QED) is 0.685. The first-order valence-electron chi connectivity index (χ1n) is 6.14. The van der Waals surface area contributed by atoms with E-state index in [-0.39, 0.29) is 11.5 Å². The molecule has 0 saturated heterocycles. The molecule has 0 aliphatic heterocycles. The lowest BCUT2D eigenvalue weighted by Crippen LogP contribution is -2.14. The summed E-state index contributed by atoms with van der Waals surface area (Å²) in [7, 11) is 0. The van der Waals surface area contributed by atoms with Crippen LogP contribution in [0.2, 0.25) is 0 Å². The van der Waals surface area contributed by atoms with Crippen molar-refractivity contribution in [3.63, 3.8) is 0 Å². The molecule has 1 N–H and O–H groups in total. The largest absolute Gasteiger partial charge is 0.321 e. The van der Waals surface area contributed by atoms with Gasteiger partial charge in [0.15, 0.2) is 0 Å². The van der Waals surface area contributed by atoms with Gasteiger partial charge in [0.1, 0.15) is 11.6 Å². The Morgan fingerprint density at radius 2 is 2.00 bits per heavy atom. The molecule has 0 aliphatic rings. The van der Waals surface area contributed by atoms with Gasteiger partial charge < -0.3 is 5.32 Å². The van der Waals surface area contributed by atoms with E-state index in [9.17, 15) is 4.79 Å². The lowest BCUT2D eigenvalue weighted by atomic mass is 10.1. The number of hydrogen-bond acceptors (Lipinski definition) is 3. The molecular formula is C16H14N2OS. The van der Waals surface area contributed by atoms with Crippen LogP contribution >= 0.6 is 11.3 Å². The Hall–Kier alpha value is -2.38. The molecule has 3 nitrogen and oxygen atoms in total. The fourth-order valence-corrected chi connectivity index (χ4v) is 2.57. The highest BCUT2D eigenvalue weighted by Gasteiger charge is 2.11. The van der Waals surface area contributed by atoms with Gasteiger partial charge in [-0.3, -0.25) is 4.79 Å². The highest BCUT2D eigenvalue weighted by atomic mass is 32.1. The van der Waals surface area contributed by atoms with E-state index in [2.05, 4.69) is 5.32 Å². The smallest absolute Gasteiger partial charge is 0.266 e. The van der Waals surface area contributed by atoms with Gasteiger partial charge in [0.2, 0.25) is 0 Å². The van der Waals surface area contributed by atoms with Gasteiger partial charge in [-0.05, 0) is 48.6 Å². The second-order valence-corrected chi connectivity index (χ2v) is 5.35. The molecule has 4 heteroatoms. The number of amides is 1. The SMILES string of the molecule is Cc1ccccc1NC(=O)/C(C#N)=C/c1sccc1C. The van der Waals surface area contributed by atoms with Crippen molar-refractivity contribution < 1.29 is 4.79 Å². The maximum absolute atomic E-state index is 12.1. The van der Waals surface area contributed by atoms with E-state index in [0.29, 0.717) is 0 Å². The standard InChI is InChI=1S/C16H14N2OS/c1-11-5-3-4-6-14(11)18-16(19)13(10-17)9-15-12(2)7-8-20-15/h3-9H,1-2H3,(H,18,19)/b13-9+. The average Bonchev–Trinajstić information content (AvgIpc) is 2.84. The summed E-state index contributed by atoms with van der Waals surface area (Å²) in [5, 5.41) is 13.9. The molecule has 0 bridgehead atoms. The first kappa shape index (κ1) is 14.0. The van der Waals surface area contributed by atoms with Gasteiger partial charge in [-0.2, -0.15) is 5.26 Å². The minimum absolute atomic E-state index is 0.110. The average molecular weight is 282 g/mol. The number of aryl methyl sites for hydroxylation is 2. The van der Waals surface area contributed by atoms with Gasteiger partial charge in [0, 0.05) is 10.6 Å². The van der Waals surface area contributed by atoms with E-state index < -0.39 is 0 Å². The fourth-order valence-electron chi connectivity index (χ4n) is 1.71. The normalized spacial score (nSPS) is 10.9. The van der Waals surface area contributed by atoms with E-state index in [1.165, 1.54) is 11.3 Å². The minimum atomic E-state index is -0.380. The molecule has 20 heavy (non-hydrogen) atoms. The molecule has 2 rings (SSSR count). The molecule has 1 aromatic carbocycles. The number of carbonyl (C=O) groups is 1. The summed E-state index contributed by atoms with van der Waals surface area (Å²) >= 11 is 1.51. The van der Waals surface area contributed by atoms with Crippen LogP contribution in [0.3, 0.4) is 0 Å². The Morgan fingerprint density at radius 1 is 1.25 bits per heavy atom. The van der Waals surface area contributed by atoms with Gasteiger partial charge in [-0.25, -0.2) is 0 Å². The van der Waals surface area contributed by atoms with Crippen molar-refractivity contribution in [1.82, 2.24) is 0 Å². The van der Waals surface area contributed by atoms with Crippen molar-refractivity contribution in [2.75, 3.05) is 5.32 Å². The highest BCUT2D eigenvalue weighted by Crippen LogP contribution is 2.20. The summed E-state index contributed by atoms with van der Waals surface area (Å²) in [6.07, 6.45) is 1.63. The van der Waals surface area contributed by atoms with Crippen LogP contribution in [-0.4, -0.2) is 5.91 Å². The molecular weight excluding hydrogens is 268 g/mol. The summed E-state index contributed by atoms with van der Waals surface area (Å²) in [6, 6.07) is 11.4. The molecule has 0 aliphatic carbocycles. The van der Waals surface area contributed by atoms with Crippen molar-refractivity contribution in [1.29, 1.82) is 5.26 Å². The molecule has 1 amide bonds. The van der Waals surface area contributed by atoms with E-state index >= 15 is 0 Å². The number of para-hydroxylation sites is 1.